The van der Waals surface area contributed by atoms with E-state index in [1.54, 1.807) is 48.3 Å². The van der Waals surface area contributed by atoms with Gasteiger partial charge in [0.25, 0.3) is 5.91 Å². The highest BCUT2D eigenvalue weighted by Gasteiger charge is 2.42. The van der Waals surface area contributed by atoms with Crippen LogP contribution in [0.15, 0.2) is 54.9 Å². The van der Waals surface area contributed by atoms with Crippen LogP contribution in [-0.2, 0) is 7.05 Å². The van der Waals surface area contributed by atoms with E-state index in [4.69, 9.17) is 5.73 Å². The predicted octanol–water partition coefficient (Wildman–Crippen LogP) is 5.15. The number of benzene rings is 3. The molecule has 4 aromatic rings. The third-order valence-corrected chi connectivity index (χ3v) is 7.78. The maximum Gasteiger partial charge on any atom is 0.254 e. The van der Waals surface area contributed by atoms with E-state index in [2.05, 4.69) is 4.98 Å². The van der Waals surface area contributed by atoms with E-state index >= 15 is 4.39 Å². The molecule has 6 rings (SSSR count). The van der Waals surface area contributed by atoms with Gasteiger partial charge in [0.2, 0.25) is 0 Å². The van der Waals surface area contributed by atoms with E-state index in [1.807, 2.05) is 11.0 Å². The number of nitrogens with zero attached hydrogens (tertiary/aromatic N) is 4. The molecule has 2 bridgehead atoms. The van der Waals surface area contributed by atoms with Gasteiger partial charge in [0.05, 0.1) is 22.9 Å². The second-order valence-corrected chi connectivity index (χ2v) is 10.1. The first-order valence-electron chi connectivity index (χ1n) is 12.4. The standard InChI is InChI=1S/C29H25F2N5O/c1-35-15-34-27-12-24(26(31)13-28(27)35)22-7-4-17(8-23(22)16-2-3-18(14-32)25(30)9-16)29(37)36-20-5-6-21(36)11-19(33)10-20/h2-4,7-9,12-13,15,19-21H,5-6,10-11,33H2,1H3/t19-,20+,21-. The summed E-state index contributed by atoms with van der Waals surface area (Å²) in [5.41, 5.74) is 9.60. The number of aromatic nitrogens is 2. The monoisotopic (exact) mass is 497 g/mol. The summed E-state index contributed by atoms with van der Waals surface area (Å²) in [6.45, 7) is 0. The van der Waals surface area contributed by atoms with E-state index in [0.717, 1.165) is 25.7 Å². The first kappa shape index (κ1) is 23.3. The fourth-order valence-electron chi connectivity index (χ4n) is 5.98. The first-order valence-corrected chi connectivity index (χ1v) is 12.4. The Bertz CT molecular complexity index is 1590. The number of hydrogen-bond donors (Lipinski definition) is 1. The Labute approximate surface area is 212 Å². The minimum Gasteiger partial charge on any atom is -0.334 e. The number of nitriles is 1. The van der Waals surface area contributed by atoms with E-state index < -0.39 is 11.6 Å². The minimum atomic E-state index is -0.675. The summed E-state index contributed by atoms with van der Waals surface area (Å²) in [6.07, 6.45) is 5.05. The topological polar surface area (TPSA) is 87.9 Å². The Morgan fingerprint density at radius 3 is 2.46 bits per heavy atom. The molecule has 3 atom stereocenters. The molecule has 0 saturated carbocycles. The van der Waals surface area contributed by atoms with Gasteiger partial charge in [-0.05, 0) is 72.7 Å². The molecule has 0 aliphatic carbocycles. The first-order chi connectivity index (χ1) is 17.8. The third kappa shape index (κ3) is 3.87. The van der Waals surface area contributed by atoms with Gasteiger partial charge in [-0.15, -0.1) is 0 Å². The average Bonchev–Trinajstić information content (AvgIpc) is 3.38. The maximum atomic E-state index is 15.4. The zero-order valence-corrected chi connectivity index (χ0v) is 20.3. The van der Waals surface area contributed by atoms with Crippen LogP contribution in [0.3, 0.4) is 0 Å². The lowest BCUT2D eigenvalue weighted by Crippen LogP contribution is -2.50. The molecule has 2 aliphatic rings. The summed E-state index contributed by atoms with van der Waals surface area (Å²) in [7, 11) is 1.79. The van der Waals surface area contributed by atoms with Crippen LogP contribution in [0, 0.1) is 23.0 Å². The Balaban J connectivity index is 1.50. The molecule has 8 heteroatoms. The quantitative estimate of drug-likeness (QED) is 0.424. The summed E-state index contributed by atoms with van der Waals surface area (Å²) < 4.78 is 31.8. The van der Waals surface area contributed by atoms with Crippen molar-refractivity contribution in [2.24, 2.45) is 12.8 Å². The van der Waals surface area contributed by atoms with E-state index in [0.29, 0.717) is 38.9 Å². The lowest BCUT2D eigenvalue weighted by molar-refractivity contribution is 0.0575. The number of aryl methyl sites for hydroxylation is 1. The second kappa shape index (κ2) is 8.79. The maximum absolute atomic E-state index is 15.4. The van der Waals surface area contributed by atoms with Crippen molar-refractivity contribution in [3.8, 4) is 28.3 Å². The normalized spacial score (nSPS) is 20.8. The van der Waals surface area contributed by atoms with E-state index in [-0.39, 0.29) is 29.6 Å². The number of piperidine rings is 1. The summed E-state index contributed by atoms with van der Waals surface area (Å²) in [4.78, 5) is 20.0. The number of hydrogen-bond acceptors (Lipinski definition) is 4. The molecule has 2 N–H and O–H groups in total. The molecule has 2 saturated heterocycles. The van der Waals surface area contributed by atoms with Crippen molar-refractivity contribution < 1.29 is 13.6 Å². The van der Waals surface area contributed by atoms with Crippen molar-refractivity contribution in [2.75, 3.05) is 0 Å². The van der Waals surface area contributed by atoms with Crippen LogP contribution in [0.2, 0.25) is 0 Å². The van der Waals surface area contributed by atoms with Gasteiger partial charge >= 0.3 is 0 Å². The fraction of sp³-hybridized carbons (Fsp3) is 0.276. The zero-order valence-electron chi connectivity index (χ0n) is 20.3. The third-order valence-electron chi connectivity index (χ3n) is 7.78. The molecule has 1 amide bonds. The zero-order chi connectivity index (χ0) is 25.8. The highest BCUT2D eigenvalue weighted by atomic mass is 19.1. The van der Waals surface area contributed by atoms with Crippen molar-refractivity contribution in [3.63, 3.8) is 0 Å². The van der Waals surface area contributed by atoms with Crippen molar-refractivity contribution in [2.45, 2.75) is 43.8 Å². The van der Waals surface area contributed by atoms with Crippen LogP contribution >= 0.6 is 0 Å². The SMILES string of the molecule is Cn1cnc2cc(-c3ccc(C(=O)N4[C@@H]5CC[C@H]4C[C@@H](N)C5)cc3-c3ccc(C#N)c(F)c3)c(F)cc21. The Kier molecular flexibility index (Phi) is 5.54. The fourth-order valence-corrected chi connectivity index (χ4v) is 5.98. The molecule has 3 aromatic carbocycles. The summed E-state index contributed by atoms with van der Waals surface area (Å²) in [6, 6.07) is 14.6. The van der Waals surface area contributed by atoms with E-state index in [1.165, 1.54) is 18.2 Å². The second-order valence-electron chi connectivity index (χ2n) is 10.1. The van der Waals surface area contributed by atoms with E-state index in [9.17, 15) is 14.4 Å². The highest BCUT2D eigenvalue weighted by Crippen LogP contribution is 2.39. The minimum absolute atomic E-state index is 0.0835. The lowest BCUT2D eigenvalue weighted by Gasteiger charge is -2.38. The van der Waals surface area contributed by atoms with Gasteiger partial charge in [-0.2, -0.15) is 5.26 Å². The number of carbonyl (C=O) groups is 1. The molecular weight excluding hydrogens is 472 g/mol. The van der Waals surface area contributed by atoms with Gasteiger partial charge < -0.3 is 15.2 Å². The number of amides is 1. The van der Waals surface area contributed by atoms with Gasteiger partial charge in [0.15, 0.2) is 0 Å². The van der Waals surface area contributed by atoms with Crippen LogP contribution < -0.4 is 5.73 Å². The van der Waals surface area contributed by atoms with Crippen LogP contribution in [0.25, 0.3) is 33.3 Å². The molecule has 1 aromatic heterocycles. The van der Waals surface area contributed by atoms with Crippen LogP contribution in [0.1, 0.15) is 41.6 Å². The predicted molar refractivity (Wildman–Crippen MR) is 136 cm³/mol. The van der Waals surface area contributed by atoms with Crippen LogP contribution in [-0.4, -0.2) is 38.5 Å². The lowest BCUT2D eigenvalue weighted by atomic mass is 9.90. The van der Waals surface area contributed by atoms with Crippen LogP contribution in [0.5, 0.6) is 0 Å². The Hall–Kier alpha value is -4.09. The number of rotatable bonds is 3. The molecule has 2 aliphatic heterocycles. The van der Waals surface area contributed by atoms with Gasteiger partial charge in [0, 0.05) is 42.4 Å². The highest BCUT2D eigenvalue weighted by molar-refractivity contribution is 5.99. The van der Waals surface area contributed by atoms with Crippen molar-refractivity contribution in [3.05, 3.63) is 77.6 Å². The van der Waals surface area contributed by atoms with Crippen LogP contribution in [0.4, 0.5) is 8.78 Å². The average molecular weight is 498 g/mol. The van der Waals surface area contributed by atoms with Gasteiger partial charge in [0.1, 0.15) is 17.7 Å². The number of nitrogens with two attached hydrogens (primary N) is 1. The molecular formula is C29H25F2N5O. The van der Waals surface area contributed by atoms with Gasteiger partial charge in [-0.3, -0.25) is 4.79 Å². The van der Waals surface area contributed by atoms with Crippen molar-refractivity contribution in [1.29, 1.82) is 5.26 Å². The number of fused-ring (bicyclic) bond motifs is 3. The molecule has 0 unspecified atom stereocenters. The number of halogens is 2. The Morgan fingerprint density at radius 1 is 1.00 bits per heavy atom. The van der Waals surface area contributed by atoms with Gasteiger partial charge in [-0.25, -0.2) is 13.8 Å². The molecule has 2 fully saturated rings. The molecule has 3 heterocycles. The molecule has 186 valence electrons. The molecule has 37 heavy (non-hydrogen) atoms. The number of carbonyl (C=O) groups excluding carboxylic acids is 1. The van der Waals surface area contributed by atoms with Crippen molar-refractivity contribution >= 4 is 16.9 Å². The summed E-state index contributed by atoms with van der Waals surface area (Å²) in [5, 5.41) is 9.18. The molecule has 0 spiro atoms. The molecule has 0 radical (unpaired) electrons. The summed E-state index contributed by atoms with van der Waals surface area (Å²) in [5.74, 6) is -1.22. The molecule has 6 nitrogen and oxygen atoms in total. The largest absolute Gasteiger partial charge is 0.334 e. The van der Waals surface area contributed by atoms with Crippen molar-refractivity contribution in [1.82, 2.24) is 14.5 Å². The van der Waals surface area contributed by atoms with Gasteiger partial charge in [-0.1, -0.05) is 12.1 Å². The smallest absolute Gasteiger partial charge is 0.254 e. The summed E-state index contributed by atoms with van der Waals surface area (Å²) >= 11 is 0. The number of imidazole rings is 1. The Morgan fingerprint density at radius 2 is 1.76 bits per heavy atom.